The lowest BCUT2D eigenvalue weighted by Gasteiger charge is -2.20. The van der Waals surface area contributed by atoms with E-state index in [9.17, 15) is 14.4 Å². The summed E-state index contributed by atoms with van der Waals surface area (Å²) in [6.07, 6.45) is 2.76. The molecule has 0 saturated carbocycles. The van der Waals surface area contributed by atoms with Gasteiger partial charge in [-0.15, -0.1) is 0 Å². The smallest absolute Gasteiger partial charge is 0.319 e. The van der Waals surface area contributed by atoms with Gasteiger partial charge in [0.2, 0.25) is 11.8 Å². The van der Waals surface area contributed by atoms with E-state index in [1.807, 2.05) is 54.3 Å². The summed E-state index contributed by atoms with van der Waals surface area (Å²) >= 11 is 0. The molecule has 4 rings (SSSR count). The summed E-state index contributed by atoms with van der Waals surface area (Å²) in [7, 11) is 0. The number of carbonyl (C=O) groups excluding carboxylic acids is 3. The Morgan fingerprint density at radius 1 is 1.10 bits per heavy atom. The first-order valence-corrected chi connectivity index (χ1v) is 10.3. The van der Waals surface area contributed by atoms with Crippen molar-refractivity contribution < 1.29 is 14.4 Å². The first-order chi connectivity index (χ1) is 14.5. The number of carbonyl (C=O) groups is 3. The van der Waals surface area contributed by atoms with Crippen molar-refractivity contribution in [3.63, 3.8) is 0 Å². The molecule has 7 nitrogen and oxygen atoms in total. The second kappa shape index (κ2) is 8.57. The number of anilines is 2. The molecule has 0 bridgehead atoms. The summed E-state index contributed by atoms with van der Waals surface area (Å²) in [4.78, 5) is 37.5. The maximum Gasteiger partial charge on any atom is 0.319 e. The lowest BCUT2D eigenvalue weighted by Crippen LogP contribution is -2.31. The minimum Gasteiger partial charge on any atom is -0.338 e. The third-order valence-corrected chi connectivity index (χ3v) is 5.63. The molecule has 0 spiro atoms. The number of nitrogens with zero attached hydrogens (tertiary/aromatic N) is 1. The molecular formula is C23H26N4O3. The van der Waals surface area contributed by atoms with E-state index in [0.717, 1.165) is 35.3 Å². The molecule has 2 aromatic rings. The lowest BCUT2D eigenvalue weighted by molar-refractivity contribution is -0.128. The molecule has 2 aliphatic rings. The van der Waals surface area contributed by atoms with E-state index in [2.05, 4.69) is 16.0 Å². The number of amides is 4. The second-order valence-electron chi connectivity index (χ2n) is 7.90. The van der Waals surface area contributed by atoms with Gasteiger partial charge in [-0.25, -0.2) is 4.79 Å². The third-order valence-electron chi connectivity index (χ3n) is 5.63. The van der Waals surface area contributed by atoms with Crippen LogP contribution in [0.4, 0.5) is 16.2 Å². The van der Waals surface area contributed by atoms with Crippen molar-refractivity contribution in [1.82, 2.24) is 10.2 Å². The Hall–Kier alpha value is -3.35. The number of rotatable bonds is 5. The Labute approximate surface area is 175 Å². The highest BCUT2D eigenvalue weighted by molar-refractivity contribution is 5.94. The molecule has 0 aliphatic carbocycles. The summed E-state index contributed by atoms with van der Waals surface area (Å²) in [5.41, 5.74) is 4.68. The minimum absolute atomic E-state index is 0.0406. The number of likely N-dealkylation sites (tertiary alicyclic amines) is 1. The Balaban J connectivity index is 1.32. The van der Waals surface area contributed by atoms with E-state index < -0.39 is 0 Å². The van der Waals surface area contributed by atoms with Gasteiger partial charge in [0, 0.05) is 37.3 Å². The van der Waals surface area contributed by atoms with Crippen molar-refractivity contribution in [2.75, 3.05) is 17.2 Å². The summed E-state index contributed by atoms with van der Waals surface area (Å²) < 4.78 is 0. The van der Waals surface area contributed by atoms with Crippen LogP contribution in [0.1, 0.15) is 48.9 Å². The maximum atomic E-state index is 12.4. The number of hydrogen-bond donors (Lipinski definition) is 3. The van der Waals surface area contributed by atoms with Gasteiger partial charge >= 0.3 is 6.03 Å². The molecule has 1 unspecified atom stereocenters. The number of benzene rings is 2. The zero-order valence-corrected chi connectivity index (χ0v) is 17.0. The molecule has 2 heterocycles. The van der Waals surface area contributed by atoms with Crippen molar-refractivity contribution in [2.24, 2.45) is 0 Å². The predicted octanol–water partition coefficient (Wildman–Crippen LogP) is 3.58. The average molecular weight is 406 g/mol. The summed E-state index contributed by atoms with van der Waals surface area (Å²) in [5, 5.41) is 8.67. The normalized spacial score (nSPS) is 16.6. The van der Waals surface area contributed by atoms with Gasteiger partial charge in [0.05, 0.1) is 6.04 Å². The second-order valence-corrected chi connectivity index (χ2v) is 7.90. The minimum atomic E-state index is -0.281. The summed E-state index contributed by atoms with van der Waals surface area (Å²) in [6.45, 7) is 3.36. The molecule has 30 heavy (non-hydrogen) atoms. The van der Waals surface area contributed by atoms with E-state index in [4.69, 9.17) is 0 Å². The van der Waals surface area contributed by atoms with Crippen LogP contribution in [0.25, 0.3) is 0 Å². The van der Waals surface area contributed by atoms with E-state index in [1.54, 1.807) is 0 Å². The molecule has 3 N–H and O–H groups in total. The lowest BCUT2D eigenvalue weighted by atomic mass is 9.98. The highest BCUT2D eigenvalue weighted by Crippen LogP contribution is 2.26. The van der Waals surface area contributed by atoms with Gasteiger partial charge in [0.25, 0.3) is 0 Å². The fourth-order valence-electron chi connectivity index (χ4n) is 3.90. The molecule has 7 heteroatoms. The van der Waals surface area contributed by atoms with Crippen LogP contribution in [0.15, 0.2) is 42.5 Å². The maximum absolute atomic E-state index is 12.4. The molecule has 0 aromatic heterocycles. The van der Waals surface area contributed by atoms with Crippen molar-refractivity contribution >= 4 is 29.2 Å². The first-order valence-electron chi connectivity index (χ1n) is 10.3. The Morgan fingerprint density at radius 3 is 2.63 bits per heavy atom. The standard InChI is InChI=1S/C23H26N4O3/c1-15(17-6-10-20-18(13-17)7-11-21(28)26-20)24-23(30)25-19-8-4-16(5-9-19)14-27-12-2-3-22(27)29/h4-6,8-10,13,15H,2-3,7,11-12,14H2,1H3,(H,26,28)(H2,24,25,30). The van der Waals surface area contributed by atoms with Crippen LogP contribution >= 0.6 is 0 Å². The van der Waals surface area contributed by atoms with Crippen LogP contribution in [-0.4, -0.2) is 29.3 Å². The third kappa shape index (κ3) is 4.62. The zero-order valence-electron chi connectivity index (χ0n) is 17.0. The van der Waals surface area contributed by atoms with Crippen LogP contribution < -0.4 is 16.0 Å². The fourth-order valence-corrected chi connectivity index (χ4v) is 3.90. The zero-order chi connectivity index (χ0) is 21.1. The van der Waals surface area contributed by atoms with Gasteiger partial charge in [0.1, 0.15) is 0 Å². The molecular weight excluding hydrogens is 380 g/mol. The number of aryl methyl sites for hydroxylation is 1. The highest BCUT2D eigenvalue weighted by Gasteiger charge is 2.20. The molecule has 1 fully saturated rings. The summed E-state index contributed by atoms with van der Waals surface area (Å²) in [6, 6.07) is 13.0. The average Bonchev–Trinajstić information content (AvgIpc) is 3.13. The number of nitrogens with one attached hydrogen (secondary N) is 3. The van der Waals surface area contributed by atoms with E-state index in [-0.39, 0.29) is 23.9 Å². The van der Waals surface area contributed by atoms with Crippen LogP contribution in [0.3, 0.4) is 0 Å². The van der Waals surface area contributed by atoms with Crippen LogP contribution in [0, 0.1) is 0 Å². The quantitative estimate of drug-likeness (QED) is 0.709. The van der Waals surface area contributed by atoms with Gasteiger partial charge < -0.3 is 20.9 Å². The van der Waals surface area contributed by atoms with Crippen LogP contribution in [0.5, 0.6) is 0 Å². The Kier molecular flexibility index (Phi) is 5.70. The van der Waals surface area contributed by atoms with Gasteiger partial charge in [0.15, 0.2) is 0 Å². The highest BCUT2D eigenvalue weighted by atomic mass is 16.2. The Bertz CT molecular complexity index is 971. The molecule has 0 radical (unpaired) electrons. The summed E-state index contributed by atoms with van der Waals surface area (Å²) in [5.74, 6) is 0.244. The van der Waals surface area contributed by atoms with E-state index >= 15 is 0 Å². The number of urea groups is 1. The molecule has 1 atom stereocenters. The largest absolute Gasteiger partial charge is 0.338 e. The molecule has 156 valence electrons. The number of fused-ring (bicyclic) bond motifs is 1. The van der Waals surface area contributed by atoms with Gasteiger partial charge in [-0.2, -0.15) is 0 Å². The van der Waals surface area contributed by atoms with Crippen molar-refractivity contribution in [3.05, 3.63) is 59.2 Å². The van der Waals surface area contributed by atoms with Crippen LogP contribution in [-0.2, 0) is 22.6 Å². The van der Waals surface area contributed by atoms with Gasteiger partial charge in [-0.05, 0) is 54.7 Å². The molecule has 2 aliphatic heterocycles. The van der Waals surface area contributed by atoms with Gasteiger partial charge in [-0.1, -0.05) is 24.3 Å². The topological polar surface area (TPSA) is 90.5 Å². The molecule has 4 amide bonds. The van der Waals surface area contributed by atoms with Crippen molar-refractivity contribution in [3.8, 4) is 0 Å². The predicted molar refractivity (Wildman–Crippen MR) is 115 cm³/mol. The van der Waals surface area contributed by atoms with Crippen molar-refractivity contribution in [2.45, 2.75) is 45.2 Å². The van der Waals surface area contributed by atoms with Gasteiger partial charge in [-0.3, -0.25) is 9.59 Å². The monoisotopic (exact) mass is 406 g/mol. The van der Waals surface area contributed by atoms with E-state index in [0.29, 0.717) is 31.5 Å². The molecule has 2 aromatic carbocycles. The fraction of sp³-hybridized carbons (Fsp3) is 0.348. The van der Waals surface area contributed by atoms with E-state index in [1.165, 1.54) is 0 Å². The molecule has 1 saturated heterocycles. The Morgan fingerprint density at radius 2 is 1.90 bits per heavy atom. The van der Waals surface area contributed by atoms with Crippen LogP contribution in [0.2, 0.25) is 0 Å². The van der Waals surface area contributed by atoms with Crippen molar-refractivity contribution in [1.29, 1.82) is 0 Å². The number of hydrogen-bond acceptors (Lipinski definition) is 3. The first kappa shape index (κ1) is 19.9. The SMILES string of the molecule is CC(NC(=O)Nc1ccc(CN2CCCC2=O)cc1)c1ccc2c(c1)CCC(=O)N2.